The predicted octanol–water partition coefficient (Wildman–Crippen LogP) is 3.44. The summed E-state index contributed by atoms with van der Waals surface area (Å²) in [7, 11) is -3.29. The van der Waals surface area contributed by atoms with Crippen LogP contribution in [-0.4, -0.2) is 20.5 Å². The highest BCUT2D eigenvalue weighted by molar-refractivity contribution is 7.90. The van der Waals surface area contributed by atoms with E-state index in [1.165, 1.54) is 6.07 Å². The summed E-state index contributed by atoms with van der Waals surface area (Å²) in [4.78, 5) is 12.1. The van der Waals surface area contributed by atoms with Crippen molar-refractivity contribution in [1.29, 1.82) is 0 Å². The van der Waals surface area contributed by atoms with Gasteiger partial charge in [0.1, 0.15) is 5.78 Å². The number of sulfone groups is 1. The lowest BCUT2D eigenvalue weighted by atomic mass is 9.97. The summed E-state index contributed by atoms with van der Waals surface area (Å²) < 4.78 is 22.9. The Morgan fingerprint density at radius 3 is 2.50 bits per heavy atom. The molecule has 1 saturated carbocycles. The molecule has 110 valence electrons. The zero-order valence-corrected chi connectivity index (χ0v) is 13.1. The number of halogens is 1. The van der Waals surface area contributed by atoms with Crippen LogP contribution in [0.15, 0.2) is 23.1 Å². The standard InChI is InChI=1S/C15H19ClO3S/c1-20(18,19)15-9-7-11(10-13(15)16)6-8-14(17)12-4-2-3-5-12/h7,9-10,12H,2-6,8H2,1H3. The molecule has 0 spiro atoms. The van der Waals surface area contributed by atoms with Crippen molar-refractivity contribution in [2.45, 2.75) is 43.4 Å². The van der Waals surface area contributed by atoms with Crippen molar-refractivity contribution in [3.8, 4) is 0 Å². The van der Waals surface area contributed by atoms with E-state index in [2.05, 4.69) is 0 Å². The van der Waals surface area contributed by atoms with Gasteiger partial charge in [0, 0.05) is 18.6 Å². The topological polar surface area (TPSA) is 51.2 Å². The molecule has 1 aliphatic rings. The maximum atomic E-state index is 12.0. The van der Waals surface area contributed by atoms with Gasteiger partial charge >= 0.3 is 0 Å². The Morgan fingerprint density at radius 1 is 1.30 bits per heavy atom. The van der Waals surface area contributed by atoms with Crippen LogP contribution in [-0.2, 0) is 21.1 Å². The van der Waals surface area contributed by atoms with Crippen molar-refractivity contribution in [2.75, 3.05) is 6.26 Å². The zero-order valence-electron chi connectivity index (χ0n) is 11.6. The largest absolute Gasteiger partial charge is 0.299 e. The van der Waals surface area contributed by atoms with Gasteiger partial charge in [-0.2, -0.15) is 0 Å². The minimum Gasteiger partial charge on any atom is -0.299 e. The van der Waals surface area contributed by atoms with Gasteiger partial charge in [0.2, 0.25) is 0 Å². The van der Waals surface area contributed by atoms with E-state index < -0.39 is 9.84 Å². The molecule has 0 saturated heterocycles. The summed E-state index contributed by atoms with van der Waals surface area (Å²) in [5.41, 5.74) is 0.911. The van der Waals surface area contributed by atoms with Gasteiger partial charge in [-0.15, -0.1) is 0 Å². The van der Waals surface area contributed by atoms with E-state index >= 15 is 0 Å². The molecule has 0 amide bonds. The molecule has 2 rings (SSSR count). The molecule has 0 heterocycles. The lowest BCUT2D eigenvalue weighted by Gasteiger charge is -2.09. The van der Waals surface area contributed by atoms with Gasteiger partial charge in [-0.1, -0.05) is 30.5 Å². The Kier molecular flexibility index (Phi) is 4.86. The molecule has 0 N–H and O–H groups in total. The Hall–Kier alpha value is -0.870. The van der Waals surface area contributed by atoms with E-state index in [1.54, 1.807) is 12.1 Å². The van der Waals surface area contributed by atoms with E-state index in [-0.39, 0.29) is 15.8 Å². The highest BCUT2D eigenvalue weighted by Crippen LogP contribution is 2.27. The number of Topliss-reactive ketones (excluding diaryl/α,β-unsaturated/α-hetero) is 1. The number of carbonyl (C=O) groups excluding carboxylic acids is 1. The summed E-state index contributed by atoms with van der Waals surface area (Å²) in [6.45, 7) is 0. The third kappa shape index (κ3) is 3.83. The average Bonchev–Trinajstić information content (AvgIpc) is 2.88. The average molecular weight is 315 g/mol. The fourth-order valence-electron chi connectivity index (χ4n) is 2.72. The van der Waals surface area contributed by atoms with E-state index in [9.17, 15) is 13.2 Å². The highest BCUT2D eigenvalue weighted by atomic mass is 35.5. The van der Waals surface area contributed by atoms with Crippen LogP contribution < -0.4 is 0 Å². The lowest BCUT2D eigenvalue weighted by Crippen LogP contribution is -2.11. The van der Waals surface area contributed by atoms with E-state index in [0.29, 0.717) is 18.6 Å². The minimum absolute atomic E-state index is 0.144. The van der Waals surface area contributed by atoms with Crippen LogP contribution in [0.25, 0.3) is 0 Å². The Bertz CT molecular complexity index is 602. The van der Waals surface area contributed by atoms with Gasteiger partial charge in [0.05, 0.1) is 9.92 Å². The van der Waals surface area contributed by atoms with Crippen LogP contribution in [0.1, 0.15) is 37.7 Å². The lowest BCUT2D eigenvalue weighted by molar-refractivity contribution is -0.122. The summed E-state index contributed by atoms with van der Waals surface area (Å²) in [6, 6.07) is 4.91. The van der Waals surface area contributed by atoms with Crippen molar-refractivity contribution in [1.82, 2.24) is 0 Å². The van der Waals surface area contributed by atoms with Crippen molar-refractivity contribution in [3.05, 3.63) is 28.8 Å². The predicted molar refractivity (Wildman–Crippen MR) is 79.8 cm³/mol. The van der Waals surface area contributed by atoms with Gasteiger partial charge in [-0.05, 0) is 37.0 Å². The maximum absolute atomic E-state index is 12.0. The molecule has 0 unspecified atom stereocenters. The zero-order chi connectivity index (χ0) is 14.8. The third-order valence-electron chi connectivity index (χ3n) is 3.87. The van der Waals surface area contributed by atoms with E-state index in [0.717, 1.165) is 37.5 Å². The van der Waals surface area contributed by atoms with Crippen LogP contribution in [0.2, 0.25) is 5.02 Å². The monoisotopic (exact) mass is 314 g/mol. The van der Waals surface area contributed by atoms with Crippen molar-refractivity contribution in [2.24, 2.45) is 5.92 Å². The molecule has 3 nitrogen and oxygen atoms in total. The van der Waals surface area contributed by atoms with Crippen LogP contribution in [0.4, 0.5) is 0 Å². The maximum Gasteiger partial charge on any atom is 0.176 e. The third-order valence-corrected chi connectivity index (χ3v) is 5.45. The molecule has 1 fully saturated rings. The first kappa shape index (κ1) is 15.5. The Morgan fingerprint density at radius 2 is 1.95 bits per heavy atom. The first-order valence-corrected chi connectivity index (χ1v) is 9.16. The number of ketones is 1. The molecule has 5 heteroatoms. The Balaban J connectivity index is 2.00. The second kappa shape index (κ2) is 6.27. The van der Waals surface area contributed by atoms with Gasteiger partial charge in [-0.25, -0.2) is 8.42 Å². The van der Waals surface area contributed by atoms with Gasteiger partial charge < -0.3 is 0 Å². The summed E-state index contributed by atoms with van der Waals surface area (Å²) in [6.07, 6.45) is 6.63. The van der Waals surface area contributed by atoms with Crippen molar-refractivity contribution < 1.29 is 13.2 Å². The van der Waals surface area contributed by atoms with Crippen LogP contribution in [0.5, 0.6) is 0 Å². The molecule has 0 atom stereocenters. The molecule has 1 aromatic rings. The number of aryl methyl sites for hydroxylation is 1. The van der Waals surface area contributed by atoms with E-state index in [1.807, 2.05) is 0 Å². The molecule has 0 aliphatic heterocycles. The summed E-state index contributed by atoms with van der Waals surface area (Å²) in [5.74, 6) is 0.562. The van der Waals surface area contributed by atoms with Crippen molar-refractivity contribution in [3.63, 3.8) is 0 Å². The molecule has 0 bridgehead atoms. The SMILES string of the molecule is CS(=O)(=O)c1ccc(CCC(=O)C2CCCC2)cc1Cl. The second-order valence-corrected chi connectivity index (χ2v) is 7.88. The molecule has 0 radical (unpaired) electrons. The smallest absolute Gasteiger partial charge is 0.176 e. The number of hydrogen-bond acceptors (Lipinski definition) is 3. The van der Waals surface area contributed by atoms with Crippen molar-refractivity contribution >= 4 is 27.2 Å². The summed E-state index contributed by atoms with van der Waals surface area (Å²) >= 11 is 5.99. The first-order chi connectivity index (χ1) is 9.38. The number of rotatable bonds is 5. The normalized spacial score (nSPS) is 16.5. The number of hydrogen-bond donors (Lipinski definition) is 0. The quantitative estimate of drug-likeness (QED) is 0.836. The second-order valence-electron chi connectivity index (χ2n) is 5.48. The van der Waals surface area contributed by atoms with Crippen LogP contribution in [0.3, 0.4) is 0 Å². The van der Waals surface area contributed by atoms with Gasteiger partial charge in [-0.3, -0.25) is 4.79 Å². The minimum atomic E-state index is -3.29. The fourth-order valence-corrected chi connectivity index (χ4v) is 4.07. The van der Waals surface area contributed by atoms with Crippen LogP contribution >= 0.6 is 11.6 Å². The number of benzene rings is 1. The van der Waals surface area contributed by atoms with Gasteiger partial charge in [0.25, 0.3) is 0 Å². The molecule has 1 aromatic carbocycles. The number of carbonyl (C=O) groups is 1. The first-order valence-electron chi connectivity index (χ1n) is 6.89. The molecule has 20 heavy (non-hydrogen) atoms. The Labute approximate surface area is 125 Å². The fraction of sp³-hybridized carbons (Fsp3) is 0.533. The molecular weight excluding hydrogens is 296 g/mol. The summed E-state index contributed by atoms with van der Waals surface area (Å²) in [5, 5.41) is 0.235. The van der Waals surface area contributed by atoms with E-state index in [4.69, 9.17) is 11.6 Å². The molecular formula is C15H19ClO3S. The molecule has 0 aromatic heterocycles. The molecule has 1 aliphatic carbocycles. The highest BCUT2D eigenvalue weighted by Gasteiger charge is 2.22. The van der Waals surface area contributed by atoms with Crippen LogP contribution in [0, 0.1) is 5.92 Å². The van der Waals surface area contributed by atoms with Gasteiger partial charge in [0.15, 0.2) is 9.84 Å².